The molecule has 0 saturated heterocycles. The summed E-state index contributed by atoms with van der Waals surface area (Å²) in [5, 5.41) is 21.5. The molecule has 2 unspecified atom stereocenters. The van der Waals surface area contributed by atoms with Gasteiger partial charge in [0.05, 0.1) is 22.2 Å². The van der Waals surface area contributed by atoms with E-state index in [1.165, 1.54) is 11.8 Å². The predicted molar refractivity (Wildman–Crippen MR) is 122 cm³/mol. The van der Waals surface area contributed by atoms with Crippen molar-refractivity contribution in [2.24, 2.45) is 5.92 Å². The Morgan fingerprint density at radius 2 is 2.00 bits per heavy atom. The number of thioether (sulfide) groups is 1. The van der Waals surface area contributed by atoms with Crippen LogP contribution in [-0.2, 0) is 11.3 Å². The standard InChI is InChI=1S/C22H28N6O2S/c1-6-7-12-27-19(30)16-10-8-9-11-17(16)28-20(27)25-26-21(28)31-15(4)18(29)24-22(5,13-23)14(2)3/h8-11,14-15H,6-7,12H2,1-5H3,(H,24,29). The van der Waals surface area contributed by atoms with Crippen LogP contribution in [0.25, 0.3) is 16.7 Å². The first kappa shape index (κ1) is 22.8. The van der Waals surface area contributed by atoms with E-state index in [0.717, 1.165) is 12.8 Å². The molecule has 0 aliphatic rings. The quantitative estimate of drug-likeness (QED) is 0.539. The third-order valence-electron chi connectivity index (χ3n) is 5.63. The van der Waals surface area contributed by atoms with Gasteiger partial charge in [-0.1, -0.05) is 51.1 Å². The Hall–Kier alpha value is -2.86. The van der Waals surface area contributed by atoms with E-state index in [1.54, 1.807) is 24.5 Å². The highest BCUT2D eigenvalue weighted by molar-refractivity contribution is 8.00. The number of nitriles is 1. The van der Waals surface area contributed by atoms with E-state index in [9.17, 15) is 14.9 Å². The average molecular weight is 441 g/mol. The van der Waals surface area contributed by atoms with Crippen LogP contribution in [0.4, 0.5) is 0 Å². The molecule has 8 nitrogen and oxygen atoms in total. The lowest BCUT2D eigenvalue weighted by Gasteiger charge is -2.28. The minimum Gasteiger partial charge on any atom is -0.337 e. The summed E-state index contributed by atoms with van der Waals surface area (Å²) in [6.45, 7) is 9.91. The first-order valence-corrected chi connectivity index (χ1v) is 11.4. The van der Waals surface area contributed by atoms with Gasteiger partial charge in [-0.05, 0) is 38.3 Å². The molecule has 0 spiro atoms. The lowest BCUT2D eigenvalue weighted by molar-refractivity contribution is -0.121. The van der Waals surface area contributed by atoms with Crippen molar-refractivity contribution in [2.45, 2.75) is 70.0 Å². The van der Waals surface area contributed by atoms with Crippen LogP contribution >= 0.6 is 11.8 Å². The third-order valence-corrected chi connectivity index (χ3v) is 6.68. The Balaban J connectivity index is 2.02. The number of benzene rings is 1. The van der Waals surface area contributed by atoms with Gasteiger partial charge in [0.15, 0.2) is 5.16 Å². The number of carbonyl (C=O) groups is 1. The lowest BCUT2D eigenvalue weighted by atomic mass is 9.90. The van der Waals surface area contributed by atoms with E-state index in [4.69, 9.17) is 0 Å². The minimum atomic E-state index is -0.952. The highest BCUT2D eigenvalue weighted by atomic mass is 32.2. The molecular formula is C22H28N6O2S. The number of hydrogen-bond acceptors (Lipinski definition) is 6. The molecule has 0 saturated carbocycles. The second-order valence-electron chi connectivity index (χ2n) is 8.16. The van der Waals surface area contributed by atoms with E-state index in [1.807, 2.05) is 36.4 Å². The molecule has 0 radical (unpaired) electrons. The number of aryl methyl sites for hydroxylation is 1. The van der Waals surface area contributed by atoms with E-state index in [-0.39, 0.29) is 17.4 Å². The summed E-state index contributed by atoms with van der Waals surface area (Å²) < 4.78 is 3.49. The van der Waals surface area contributed by atoms with Crippen LogP contribution < -0.4 is 10.9 Å². The third kappa shape index (κ3) is 4.30. The summed E-state index contributed by atoms with van der Waals surface area (Å²) in [5.74, 6) is 0.184. The fraction of sp³-hybridized carbons (Fsp3) is 0.500. The Labute approximate surface area is 185 Å². The molecule has 1 N–H and O–H groups in total. The van der Waals surface area contributed by atoms with Crippen molar-refractivity contribution in [3.63, 3.8) is 0 Å². The van der Waals surface area contributed by atoms with Gasteiger partial charge in [-0.15, -0.1) is 10.2 Å². The van der Waals surface area contributed by atoms with Crippen molar-refractivity contribution >= 4 is 34.3 Å². The summed E-state index contributed by atoms with van der Waals surface area (Å²) in [5.41, 5.74) is -0.334. The van der Waals surface area contributed by atoms with Crippen LogP contribution in [0.5, 0.6) is 0 Å². The van der Waals surface area contributed by atoms with Crippen molar-refractivity contribution in [3.8, 4) is 6.07 Å². The van der Waals surface area contributed by atoms with Crippen molar-refractivity contribution in [1.29, 1.82) is 5.26 Å². The van der Waals surface area contributed by atoms with Crippen LogP contribution in [0.15, 0.2) is 34.2 Å². The molecule has 1 amide bonds. The fourth-order valence-corrected chi connectivity index (χ4v) is 4.05. The number of carbonyl (C=O) groups excluding carboxylic acids is 1. The molecule has 1 aromatic carbocycles. The predicted octanol–water partition coefficient (Wildman–Crippen LogP) is 3.38. The first-order chi connectivity index (χ1) is 14.7. The summed E-state index contributed by atoms with van der Waals surface area (Å²) in [4.78, 5) is 25.8. The molecule has 9 heteroatoms. The van der Waals surface area contributed by atoms with Crippen molar-refractivity contribution in [1.82, 2.24) is 24.5 Å². The van der Waals surface area contributed by atoms with Gasteiger partial charge in [0, 0.05) is 6.54 Å². The van der Waals surface area contributed by atoms with E-state index < -0.39 is 10.8 Å². The van der Waals surface area contributed by atoms with Gasteiger partial charge in [-0.3, -0.25) is 18.6 Å². The highest BCUT2D eigenvalue weighted by Crippen LogP contribution is 2.26. The SMILES string of the molecule is CCCCn1c(=O)c2ccccc2n2c(SC(C)C(=O)NC(C)(C#N)C(C)C)nnc12. The van der Waals surface area contributed by atoms with Gasteiger partial charge in [0.1, 0.15) is 5.54 Å². The van der Waals surface area contributed by atoms with Gasteiger partial charge in [-0.25, -0.2) is 0 Å². The molecular weight excluding hydrogens is 412 g/mol. The molecule has 164 valence electrons. The summed E-state index contributed by atoms with van der Waals surface area (Å²) in [6, 6.07) is 9.55. The van der Waals surface area contributed by atoms with E-state index in [0.29, 0.717) is 28.4 Å². The number of aromatic nitrogens is 4. The van der Waals surface area contributed by atoms with Crippen molar-refractivity contribution in [3.05, 3.63) is 34.6 Å². The van der Waals surface area contributed by atoms with Gasteiger partial charge in [0.2, 0.25) is 11.7 Å². The highest BCUT2D eigenvalue weighted by Gasteiger charge is 2.32. The fourth-order valence-electron chi connectivity index (χ4n) is 3.20. The largest absolute Gasteiger partial charge is 0.337 e. The molecule has 3 aromatic rings. The number of nitrogens with one attached hydrogen (secondary N) is 1. The molecule has 3 rings (SSSR count). The lowest BCUT2D eigenvalue weighted by Crippen LogP contribution is -2.51. The van der Waals surface area contributed by atoms with E-state index >= 15 is 0 Å². The van der Waals surface area contributed by atoms with Gasteiger partial charge in [-0.2, -0.15) is 5.26 Å². The molecule has 0 bridgehead atoms. The minimum absolute atomic E-state index is 0.0375. The van der Waals surface area contributed by atoms with Crippen LogP contribution in [0, 0.1) is 17.2 Å². The number of fused-ring (bicyclic) bond motifs is 3. The van der Waals surface area contributed by atoms with Gasteiger partial charge in [0.25, 0.3) is 5.56 Å². The zero-order valence-electron chi connectivity index (χ0n) is 18.5. The Kier molecular flexibility index (Phi) is 6.70. The maximum absolute atomic E-state index is 13.0. The second-order valence-corrected chi connectivity index (χ2v) is 9.47. The van der Waals surface area contributed by atoms with Crippen molar-refractivity contribution < 1.29 is 4.79 Å². The van der Waals surface area contributed by atoms with Crippen molar-refractivity contribution in [2.75, 3.05) is 0 Å². The monoisotopic (exact) mass is 440 g/mol. The number of amides is 1. The molecule has 2 heterocycles. The Morgan fingerprint density at radius 3 is 2.65 bits per heavy atom. The van der Waals surface area contributed by atoms with Gasteiger partial charge >= 0.3 is 0 Å². The molecule has 0 aliphatic carbocycles. The number of hydrogen-bond donors (Lipinski definition) is 1. The summed E-state index contributed by atoms with van der Waals surface area (Å²) in [6.07, 6.45) is 1.80. The maximum atomic E-state index is 13.0. The Morgan fingerprint density at radius 1 is 1.29 bits per heavy atom. The van der Waals surface area contributed by atoms with Crippen LogP contribution in [0.3, 0.4) is 0 Å². The number of nitrogens with zero attached hydrogens (tertiary/aromatic N) is 5. The average Bonchev–Trinajstić information content (AvgIpc) is 3.16. The summed E-state index contributed by atoms with van der Waals surface area (Å²) >= 11 is 1.26. The Bertz CT molecular complexity index is 1210. The first-order valence-electron chi connectivity index (χ1n) is 10.5. The number of unbranched alkanes of at least 4 members (excludes halogenated alkanes) is 1. The van der Waals surface area contributed by atoms with Gasteiger partial charge < -0.3 is 5.32 Å². The number of rotatable bonds is 8. The van der Waals surface area contributed by atoms with Crippen LogP contribution in [0.1, 0.15) is 47.5 Å². The number of para-hydroxylation sites is 1. The normalized spacial score (nSPS) is 14.5. The molecule has 31 heavy (non-hydrogen) atoms. The topological polar surface area (TPSA) is 105 Å². The van der Waals surface area contributed by atoms with Crippen LogP contribution in [-0.4, -0.2) is 35.9 Å². The molecule has 0 fully saturated rings. The van der Waals surface area contributed by atoms with E-state index in [2.05, 4.69) is 28.5 Å². The smallest absolute Gasteiger partial charge is 0.262 e. The molecule has 2 aromatic heterocycles. The van der Waals surface area contributed by atoms with Crippen LogP contribution in [0.2, 0.25) is 0 Å². The maximum Gasteiger partial charge on any atom is 0.262 e. The summed E-state index contributed by atoms with van der Waals surface area (Å²) in [7, 11) is 0. The zero-order chi connectivity index (χ0) is 22.8. The molecule has 0 aliphatic heterocycles. The molecule has 2 atom stereocenters. The second kappa shape index (κ2) is 9.10. The zero-order valence-corrected chi connectivity index (χ0v) is 19.4.